The Labute approximate surface area is 222 Å². The van der Waals surface area contributed by atoms with Gasteiger partial charge in [0, 0.05) is 10.7 Å². The number of anilines is 1. The zero-order valence-electron chi connectivity index (χ0n) is 19.3. The van der Waals surface area contributed by atoms with Gasteiger partial charge in [-0.2, -0.15) is 31.4 Å². The van der Waals surface area contributed by atoms with E-state index in [0.29, 0.717) is 25.5 Å². The number of benzene rings is 1. The van der Waals surface area contributed by atoms with E-state index in [1.54, 1.807) is 6.07 Å². The van der Waals surface area contributed by atoms with E-state index in [0.717, 1.165) is 18.3 Å². The molecule has 4 rings (SSSR count). The van der Waals surface area contributed by atoms with Crippen LogP contribution in [0.1, 0.15) is 43.5 Å². The molecule has 0 aliphatic rings. The quantitative estimate of drug-likeness (QED) is 0.313. The third-order valence-corrected chi connectivity index (χ3v) is 5.64. The molecule has 0 saturated heterocycles. The molecule has 11 nitrogen and oxygen atoms in total. The highest BCUT2D eigenvalue weighted by atomic mass is 79.9. The summed E-state index contributed by atoms with van der Waals surface area (Å²) in [5.74, 6) is -4.29. The van der Waals surface area contributed by atoms with Gasteiger partial charge in [0.25, 0.3) is 17.6 Å². The smallest absolute Gasteiger partial charge is 0.366 e. The van der Waals surface area contributed by atoms with Crippen LogP contribution in [0.5, 0.6) is 0 Å². The predicted molar refractivity (Wildman–Crippen MR) is 124 cm³/mol. The third-order valence-electron chi connectivity index (χ3n) is 5.19. The minimum absolute atomic E-state index is 0.0399. The number of aryl methyl sites for hydroxylation is 1. The lowest BCUT2D eigenvalue weighted by Crippen LogP contribution is -2.23. The number of alkyl halides is 6. The molecule has 3 heterocycles. The summed E-state index contributed by atoms with van der Waals surface area (Å²) in [4.78, 5) is 29.0. The molecule has 3 N–H and O–H groups in total. The number of nitrogens with two attached hydrogens (primary N) is 1. The van der Waals surface area contributed by atoms with Crippen molar-refractivity contribution in [3.05, 3.63) is 74.9 Å². The molecule has 0 aliphatic carbocycles. The summed E-state index contributed by atoms with van der Waals surface area (Å²) < 4.78 is 82.2. The molecule has 18 heteroatoms. The highest BCUT2D eigenvalue weighted by Crippen LogP contribution is 2.34. The minimum atomic E-state index is -4.94. The van der Waals surface area contributed by atoms with Gasteiger partial charge >= 0.3 is 12.4 Å². The SMILES string of the molecule is Cc1cc(Br)cc(C(N)=O)c1NC(=O)c1cc(Cn2nnnc2C(F)(F)F)nn1-c1ncccc1C(F)(F)F. The summed E-state index contributed by atoms with van der Waals surface area (Å²) in [7, 11) is 0. The van der Waals surface area contributed by atoms with Crippen LogP contribution in [0, 0.1) is 6.92 Å². The summed E-state index contributed by atoms with van der Waals surface area (Å²) in [6.07, 6.45) is -8.86. The number of nitrogens with zero attached hydrogens (tertiary/aromatic N) is 7. The van der Waals surface area contributed by atoms with E-state index >= 15 is 0 Å². The molecule has 0 radical (unpaired) electrons. The second-order valence-electron chi connectivity index (χ2n) is 7.93. The first-order chi connectivity index (χ1) is 18.2. The number of hydrogen-bond donors (Lipinski definition) is 2. The van der Waals surface area contributed by atoms with Gasteiger partial charge in [-0.3, -0.25) is 9.59 Å². The first kappa shape index (κ1) is 27.7. The van der Waals surface area contributed by atoms with Crippen molar-refractivity contribution in [1.29, 1.82) is 0 Å². The summed E-state index contributed by atoms with van der Waals surface area (Å²) in [5.41, 5.74) is 3.50. The maximum absolute atomic E-state index is 13.7. The van der Waals surface area contributed by atoms with E-state index in [9.17, 15) is 35.9 Å². The van der Waals surface area contributed by atoms with E-state index in [2.05, 4.69) is 46.9 Å². The Bertz CT molecular complexity index is 1580. The van der Waals surface area contributed by atoms with Crippen molar-refractivity contribution in [2.45, 2.75) is 25.8 Å². The van der Waals surface area contributed by atoms with Gasteiger partial charge in [0.1, 0.15) is 11.3 Å². The van der Waals surface area contributed by atoms with Gasteiger partial charge < -0.3 is 11.1 Å². The Morgan fingerprint density at radius 2 is 1.82 bits per heavy atom. The zero-order chi connectivity index (χ0) is 28.7. The summed E-state index contributed by atoms with van der Waals surface area (Å²) in [5, 5.41) is 15.5. The van der Waals surface area contributed by atoms with Crippen LogP contribution in [0.25, 0.3) is 5.82 Å². The van der Waals surface area contributed by atoms with Crippen LogP contribution in [0.4, 0.5) is 32.0 Å². The molecule has 0 fully saturated rings. The number of nitrogens with one attached hydrogen (secondary N) is 1. The Morgan fingerprint density at radius 1 is 1.10 bits per heavy atom. The lowest BCUT2D eigenvalue weighted by molar-refractivity contribution is -0.147. The minimum Gasteiger partial charge on any atom is -0.366 e. The number of carbonyl (C=O) groups is 2. The number of pyridine rings is 1. The first-order valence-electron chi connectivity index (χ1n) is 10.5. The summed E-state index contributed by atoms with van der Waals surface area (Å²) >= 11 is 3.20. The van der Waals surface area contributed by atoms with Gasteiger partial charge in [0.05, 0.1) is 23.5 Å². The van der Waals surface area contributed by atoms with Crippen molar-refractivity contribution >= 4 is 33.4 Å². The van der Waals surface area contributed by atoms with Gasteiger partial charge in [-0.15, -0.1) is 5.10 Å². The molecule has 204 valence electrons. The van der Waals surface area contributed by atoms with Crippen molar-refractivity contribution in [2.24, 2.45) is 5.73 Å². The summed E-state index contributed by atoms with van der Waals surface area (Å²) in [6, 6.07) is 5.52. The molecule has 0 aliphatic heterocycles. The van der Waals surface area contributed by atoms with Crippen molar-refractivity contribution in [3.63, 3.8) is 0 Å². The van der Waals surface area contributed by atoms with Gasteiger partial charge in [0.15, 0.2) is 5.82 Å². The molecule has 4 aromatic rings. The van der Waals surface area contributed by atoms with Crippen molar-refractivity contribution in [2.75, 3.05) is 5.32 Å². The third kappa shape index (κ3) is 5.74. The predicted octanol–water partition coefficient (Wildman–Crippen LogP) is 3.76. The van der Waals surface area contributed by atoms with Crippen LogP contribution in [-0.2, 0) is 18.9 Å². The number of tetrazole rings is 1. The molecular weight excluding hydrogens is 604 g/mol. The maximum atomic E-state index is 13.7. The molecular formula is C21H14BrF6N9O2. The second-order valence-corrected chi connectivity index (χ2v) is 8.84. The molecule has 0 bridgehead atoms. The number of halogens is 7. The number of primary amides is 1. The van der Waals surface area contributed by atoms with Crippen LogP contribution >= 0.6 is 15.9 Å². The number of rotatable bonds is 6. The normalized spacial score (nSPS) is 12.0. The van der Waals surface area contributed by atoms with Crippen molar-refractivity contribution in [3.8, 4) is 5.82 Å². The van der Waals surface area contributed by atoms with Gasteiger partial charge in [0.2, 0.25) is 0 Å². The number of amides is 2. The Kier molecular flexibility index (Phi) is 7.15. The molecule has 2 amide bonds. The lowest BCUT2D eigenvalue weighted by atomic mass is 10.1. The van der Waals surface area contributed by atoms with Crippen molar-refractivity contribution in [1.82, 2.24) is 35.0 Å². The fourth-order valence-corrected chi connectivity index (χ4v) is 4.14. The van der Waals surface area contributed by atoms with Crippen molar-refractivity contribution < 1.29 is 35.9 Å². The van der Waals surface area contributed by atoms with Crippen LogP contribution in [0.15, 0.2) is 41.0 Å². The topological polar surface area (TPSA) is 146 Å². The maximum Gasteiger partial charge on any atom is 0.453 e. The lowest BCUT2D eigenvalue weighted by Gasteiger charge is -2.15. The van der Waals surface area contributed by atoms with Crippen LogP contribution in [0.3, 0.4) is 0 Å². The van der Waals surface area contributed by atoms with E-state index in [1.165, 1.54) is 13.0 Å². The highest BCUT2D eigenvalue weighted by Gasteiger charge is 2.39. The zero-order valence-corrected chi connectivity index (χ0v) is 20.9. The molecule has 0 atom stereocenters. The van der Waals surface area contributed by atoms with E-state index < -0.39 is 53.6 Å². The van der Waals surface area contributed by atoms with E-state index in [1.807, 2.05) is 0 Å². The molecule has 0 unspecified atom stereocenters. The summed E-state index contributed by atoms with van der Waals surface area (Å²) in [6.45, 7) is 0.777. The Balaban J connectivity index is 1.85. The van der Waals surface area contributed by atoms with Crippen LogP contribution in [0.2, 0.25) is 0 Å². The second kappa shape index (κ2) is 10.1. The number of hydrogen-bond acceptors (Lipinski definition) is 7. The standard InChI is InChI=1S/C21H14BrF6N9O2/c1-9-5-10(22)6-12(16(29)38)15(9)31-18(39)14-7-11(8-36-19(21(26,27)28)32-34-35-36)33-37(14)17-13(20(23,24)25)3-2-4-30-17/h2-7H,8H2,1H3,(H2,29,38)(H,31,39). The van der Waals surface area contributed by atoms with E-state index in [-0.39, 0.29) is 16.9 Å². The molecule has 0 saturated carbocycles. The fourth-order valence-electron chi connectivity index (χ4n) is 3.57. The number of carbonyl (C=O) groups excluding carboxylic acids is 2. The van der Waals surface area contributed by atoms with Gasteiger partial charge in [-0.05, 0) is 53.2 Å². The molecule has 0 spiro atoms. The number of aromatic nitrogens is 7. The fraction of sp³-hybridized carbons (Fsp3) is 0.190. The van der Waals surface area contributed by atoms with Crippen LogP contribution < -0.4 is 11.1 Å². The Hall–Kier alpha value is -4.35. The van der Waals surface area contributed by atoms with Gasteiger partial charge in [-0.1, -0.05) is 15.9 Å². The van der Waals surface area contributed by atoms with E-state index in [4.69, 9.17) is 5.73 Å². The Morgan fingerprint density at radius 3 is 2.46 bits per heavy atom. The van der Waals surface area contributed by atoms with Gasteiger partial charge in [-0.25, -0.2) is 14.3 Å². The largest absolute Gasteiger partial charge is 0.453 e. The average molecular weight is 618 g/mol. The van der Waals surface area contributed by atoms with Crippen LogP contribution in [-0.4, -0.2) is 46.8 Å². The highest BCUT2D eigenvalue weighted by molar-refractivity contribution is 9.10. The monoisotopic (exact) mass is 617 g/mol. The molecule has 39 heavy (non-hydrogen) atoms. The molecule has 3 aromatic heterocycles. The molecule has 1 aromatic carbocycles. The average Bonchev–Trinajstić information content (AvgIpc) is 3.47. The first-order valence-corrected chi connectivity index (χ1v) is 11.3.